The number of rotatable bonds is 6. The van der Waals surface area contributed by atoms with Gasteiger partial charge in [0.1, 0.15) is 0 Å². The third-order valence-electron chi connectivity index (χ3n) is 3.01. The maximum absolute atomic E-state index is 9.16. The summed E-state index contributed by atoms with van der Waals surface area (Å²) in [6.07, 6.45) is 3.21. The summed E-state index contributed by atoms with van der Waals surface area (Å²) in [5.41, 5.74) is 0. The first-order valence-electron chi connectivity index (χ1n) is 6.49. The average Bonchev–Trinajstić information content (AvgIpc) is 2.38. The molecule has 1 aliphatic rings. The zero-order valence-electron chi connectivity index (χ0n) is 10.7. The maximum Gasteiger partial charge on any atom is 0.168 e. The molecule has 4 nitrogen and oxygen atoms in total. The minimum atomic E-state index is 0.267. The molecule has 1 aliphatic heterocycles. The van der Waals surface area contributed by atoms with Crippen molar-refractivity contribution in [1.29, 1.82) is 0 Å². The van der Waals surface area contributed by atoms with E-state index in [4.69, 9.17) is 22.1 Å². The molecule has 0 saturated carbocycles. The summed E-state index contributed by atoms with van der Waals surface area (Å²) in [5, 5.41) is 13.2. The van der Waals surface area contributed by atoms with Crippen LogP contribution in [0.4, 0.5) is 0 Å². The fraction of sp³-hybridized carbons (Fsp3) is 0.917. The normalized spacial score (nSPS) is 20.4. The van der Waals surface area contributed by atoms with Gasteiger partial charge in [0.05, 0.1) is 0 Å². The minimum Gasteiger partial charge on any atom is -0.396 e. The predicted molar refractivity (Wildman–Crippen MR) is 73.1 cm³/mol. The van der Waals surface area contributed by atoms with E-state index in [0.29, 0.717) is 5.92 Å². The molecule has 1 atom stereocenters. The van der Waals surface area contributed by atoms with Crippen molar-refractivity contribution < 1.29 is 9.84 Å². The number of piperidine rings is 1. The van der Waals surface area contributed by atoms with Crippen LogP contribution >= 0.6 is 12.2 Å². The van der Waals surface area contributed by atoms with Crippen LogP contribution in [-0.2, 0) is 4.74 Å². The molecule has 100 valence electrons. The molecule has 1 heterocycles. The van der Waals surface area contributed by atoms with Gasteiger partial charge in [0, 0.05) is 39.5 Å². The lowest BCUT2D eigenvalue weighted by molar-refractivity contribution is 0.144. The Bertz CT molecular complexity index is 227. The molecule has 0 spiro atoms. The van der Waals surface area contributed by atoms with Gasteiger partial charge in [-0.25, -0.2) is 0 Å². The van der Waals surface area contributed by atoms with Gasteiger partial charge < -0.3 is 20.1 Å². The highest BCUT2D eigenvalue weighted by molar-refractivity contribution is 7.80. The minimum absolute atomic E-state index is 0.267. The van der Waals surface area contributed by atoms with Crippen LogP contribution in [0.15, 0.2) is 0 Å². The van der Waals surface area contributed by atoms with Gasteiger partial charge >= 0.3 is 0 Å². The van der Waals surface area contributed by atoms with Crippen LogP contribution in [0.3, 0.4) is 0 Å². The highest BCUT2D eigenvalue weighted by atomic mass is 32.1. The number of nitrogens with one attached hydrogen (secondary N) is 1. The molecule has 0 amide bonds. The van der Waals surface area contributed by atoms with E-state index < -0.39 is 0 Å². The van der Waals surface area contributed by atoms with Crippen molar-refractivity contribution in [2.24, 2.45) is 5.92 Å². The van der Waals surface area contributed by atoms with Crippen molar-refractivity contribution in [3.8, 4) is 0 Å². The molecule has 0 aromatic heterocycles. The lowest BCUT2D eigenvalue weighted by Crippen LogP contribution is -2.46. The fourth-order valence-corrected chi connectivity index (χ4v) is 2.29. The van der Waals surface area contributed by atoms with Gasteiger partial charge in [-0.15, -0.1) is 0 Å². The molecule has 0 bridgehead atoms. The second kappa shape index (κ2) is 8.66. The van der Waals surface area contributed by atoms with Crippen LogP contribution in [-0.4, -0.2) is 54.6 Å². The summed E-state index contributed by atoms with van der Waals surface area (Å²) in [5.74, 6) is 0.381. The van der Waals surface area contributed by atoms with E-state index in [-0.39, 0.29) is 6.61 Å². The molecule has 17 heavy (non-hydrogen) atoms. The van der Waals surface area contributed by atoms with Gasteiger partial charge in [-0.05, 0) is 44.3 Å². The summed E-state index contributed by atoms with van der Waals surface area (Å²) >= 11 is 5.35. The molecule has 1 rings (SSSR count). The van der Waals surface area contributed by atoms with Crippen molar-refractivity contribution in [2.75, 3.05) is 39.5 Å². The number of hydrogen-bond donors (Lipinski definition) is 2. The Morgan fingerprint density at radius 1 is 1.59 bits per heavy atom. The maximum atomic E-state index is 9.16. The monoisotopic (exact) mass is 260 g/mol. The standard InChI is InChI=1S/C12H24N2O2S/c1-2-16-8-4-6-13-12(17)14-7-3-5-11(9-14)10-15/h11,15H,2-10H2,1H3,(H,13,17). The van der Waals surface area contributed by atoms with E-state index in [1.807, 2.05) is 6.92 Å². The molecule has 1 saturated heterocycles. The van der Waals surface area contributed by atoms with Gasteiger partial charge in [-0.2, -0.15) is 0 Å². The first-order chi connectivity index (χ1) is 8.27. The first kappa shape index (κ1) is 14.7. The fourth-order valence-electron chi connectivity index (χ4n) is 2.02. The van der Waals surface area contributed by atoms with Gasteiger partial charge in [-0.3, -0.25) is 0 Å². The van der Waals surface area contributed by atoms with Crippen LogP contribution < -0.4 is 5.32 Å². The average molecular weight is 260 g/mol. The van der Waals surface area contributed by atoms with Crippen LogP contribution in [0.2, 0.25) is 0 Å². The smallest absolute Gasteiger partial charge is 0.168 e. The molecule has 5 heteroatoms. The van der Waals surface area contributed by atoms with Crippen LogP contribution in [0.5, 0.6) is 0 Å². The summed E-state index contributed by atoms with van der Waals surface area (Å²) in [7, 11) is 0. The van der Waals surface area contributed by atoms with E-state index in [1.54, 1.807) is 0 Å². The summed E-state index contributed by atoms with van der Waals surface area (Å²) in [6.45, 7) is 6.57. The lowest BCUT2D eigenvalue weighted by atomic mass is 9.99. The molecule has 1 unspecified atom stereocenters. The predicted octanol–water partition coefficient (Wildman–Crippen LogP) is 0.992. The Labute approximate surface area is 109 Å². The van der Waals surface area contributed by atoms with Crippen LogP contribution in [0.25, 0.3) is 0 Å². The van der Waals surface area contributed by atoms with E-state index >= 15 is 0 Å². The highest BCUT2D eigenvalue weighted by Gasteiger charge is 2.20. The van der Waals surface area contributed by atoms with Crippen molar-refractivity contribution in [1.82, 2.24) is 10.2 Å². The Balaban J connectivity index is 2.14. The van der Waals surface area contributed by atoms with E-state index in [9.17, 15) is 0 Å². The van der Waals surface area contributed by atoms with Gasteiger partial charge in [-0.1, -0.05) is 0 Å². The van der Waals surface area contributed by atoms with Gasteiger partial charge in [0.25, 0.3) is 0 Å². The van der Waals surface area contributed by atoms with E-state index in [2.05, 4.69) is 10.2 Å². The van der Waals surface area contributed by atoms with E-state index in [0.717, 1.165) is 57.2 Å². The molecular formula is C12H24N2O2S. The Morgan fingerprint density at radius 3 is 3.12 bits per heavy atom. The number of nitrogens with zero attached hydrogens (tertiary/aromatic N) is 1. The molecular weight excluding hydrogens is 236 g/mol. The zero-order chi connectivity index (χ0) is 12.5. The molecule has 2 N–H and O–H groups in total. The van der Waals surface area contributed by atoms with Gasteiger partial charge in [0.2, 0.25) is 0 Å². The second-order valence-corrected chi connectivity index (χ2v) is 4.81. The summed E-state index contributed by atoms with van der Waals surface area (Å²) in [6, 6.07) is 0. The molecule has 0 aromatic rings. The quantitative estimate of drug-likeness (QED) is 0.551. The molecule has 0 aliphatic carbocycles. The SMILES string of the molecule is CCOCCCNC(=S)N1CCCC(CO)C1. The number of thiocarbonyl (C=S) groups is 1. The topological polar surface area (TPSA) is 44.7 Å². The molecule has 0 aromatic carbocycles. The highest BCUT2D eigenvalue weighted by Crippen LogP contribution is 2.15. The summed E-state index contributed by atoms with van der Waals surface area (Å²) < 4.78 is 5.27. The van der Waals surface area contributed by atoms with Crippen molar-refractivity contribution in [3.05, 3.63) is 0 Å². The number of hydrogen-bond acceptors (Lipinski definition) is 3. The lowest BCUT2D eigenvalue weighted by Gasteiger charge is -2.33. The van der Waals surface area contributed by atoms with Crippen molar-refractivity contribution >= 4 is 17.3 Å². The number of aliphatic hydroxyl groups excluding tert-OH is 1. The third-order valence-corrected chi connectivity index (χ3v) is 3.41. The summed E-state index contributed by atoms with van der Waals surface area (Å²) in [4.78, 5) is 2.17. The van der Waals surface area contributed by atoms with Crippen molar-refractivity contribution in [2.45, 2.75) is 26.2 Å². The van der Waals surface area contributed by atoms with Crippen molar-refractivity contribution in [3.63, 3.8) is 0 Å². The third kappa shape index (κ3) is 5.66. The van der Waals surface area contributed by atoms with Crippen LogP contribution in [0, 0.1) is 5.92 Å². The Kier molecular flexibility index (Phi) is 7.48. The molecule has 1 fully saturated rings. The zero-order valence-corrected chi connectivity index (χ0v) is 11.5. The Morgan fingerprint density at radius 2 is 2.41 bits per heavy atom. The second-order valence-electron chi connectivity index (χ2n) is 4.42. The Hall–Kier alpha value is -0.390. The van der Waals surface area contributed by atoms with Gasteiger partial charge in [0.15, 0.2) is 5.11 Å². The number of likely N-dealkylation sites (tertiary alicyclic amines) is 1. The largest absolute Gasteiger partial charge is 0.396 e. The van der Waals surface area contributed by atoms with Crippen LogP contribution in [0.1, 0.15) is 26.2 Å². The first-order valence-corrected chi connectivity index (χ1v) is 6.90. The number of ether oxygens (including phenoxy) is 1. The molecule has 0 radical (unpaired) electrons. The number of aliphatic hydroxyl groups is 1. The van der Waals surface area contributed by atoms with E-state index in [1.165, 1.54) is 0 Å².